The summed E-state index contributed by atoms with van der Waals surface area (Å²) in [6.07, 6.45) is -4.92. The van der Waals surface area contributed by atoms with Gasteiger partial charge < -0.3 is 10.4 Å². The van der Waals surface area contributed by atoms with Crippen LogP contribution in [0.5, 0.6) is 5.75 Å². The van der Waals surface area contributed by atoms with Crippen molar-refractivity contribution in [1.29, 1.82) is 0 Å². The molecular formula is C18H15ClF3N3O3. The van der Waals surface area contributed by atoms with Crippen molar-refractivity contribution in [2.45, 2.75) is 19.5 Å². The number of aromatic hydroxyl groups is 1. The molecule has 2 aromatic rings. The lowest BCUT2D eigenvalue weighted by molar-refractivity contribution is -0.137. The van der Waals surface area contributed by atoms with Crippen molar-refractivity contribution >= 4 is 34.8 Å². The Morgan fingerprint density at radius 1 is 1.18 bits per heavy atom. The van der Waals surface area contributed by atoms with Gasteiger partial charge in [0.25, 0.3) is 5.91 Å². The van der Waals surface area contributed by atoms with E-state index < -0.39 is 28.6 Å². The number of anilines is 1. The minimum Gasteiger partial charge on any atom is -0.507 e. The summed E-state index contributed by atoms with van der Waals surface area (Å²) in [7, 11) is 0. The third-order valence-corrected chi connectivity index (χ3v) is 3.80. The third-order valence-electron chi connectivity index (χ3n) is 3.47. The van der Waals surface area contributed by atoms with Crippen LogP contribution < -0.4 is 10.7 Å². The number of halogens is 4. The molecule has 10 heteroatoms. The van der Waals surface area contributed by atoms with E-state index in [1.165, 1.54) is 25.1 Å². The number of nitrogens with zero attached hydrogens (tertiary/aromatic N) is 1. The van der Waals surface area contributed by atoms with Gasteiger partial charge in [-0.25, -0.2) is 5.43 Å². The van der Waals surface area contributed by atoms with E-state index in [0.717, 1.165) is 12.1 Å². The van der Waals surface area contributed by atoms with Gasteiger partial charge in [-0.2, -0.15) is 18.3 Å². The first-order valence-corrected chi connectivity index (χ1v) is 8.24. The molecule has 0 radical (unpaired) electrons. The Bertz CT molecular complexity index is 930. The summed E-state index contributed by atoms with van der Waals surface area (Å²) in [5.74, 6) is -1.53. The lowest BCUT2D eigenvalue weighted by Gasteiger charge is -2.11. The largest absolute Gasteiger partial charge is 0.507 e. The number of nitrogens with one attached hydrogen (secondary N) is 2. The van der Waals surface area contributed by atoms with Gasteiger partial charge in [0.2, 0.25) is 5.91 Å². The quantitative estimate of drug-likeness (QED) is 0.507. The lowest BCUT2D eigenvalue weighted by atomic mass is 10.2. The van der Waals surface area contributed by atoms with E-state index in [0.29, 0.717) is 0 Å². The number of alkyl halides is 3. The molecule has 0 bridgehead atoms. The van der Waals surface area contributed by atoms with E-state index >= 15 is 0 Å². The van der Waals surface area contributed by atoms with Crippen LogP contribution in [-0.4, -0.2) is 22.6 Å². The Morgan fingerprint density at radius 3 is 2.50 bits per heavy atom. The number of amides is 2. The molecule has 0 aromatic heterocycles. The molecule has 2 aromatic carbocycles. The van der Waals surface area contributed by atoms with Gasteiger partial charge in [0.05, 0.1) is 22.6 Å². The monoisotopic (exact) mass is 413 g/mol. The first-order chi connectivity index (χ1) is 13.1. The van der Waals surface area contributed by atoms with Crippen LogP contribution in [-0.2, 0) is 11.0 Å². The van der Waals surface area contributed by atoms with Crippen LogP contribution in [0.25, 0.3) is 0 Å². The van der Waals surface area contributed by atoms with Crippen molar-refractivity contribution in [3.63, 3.8) is 0 Å². The van der Waals surface area contributed by atoms with Gasteiger partial charge in [-0.05, 0) is 37.3 Å². The van der Waals surface area contributed by atoms with E-state index in [4.69, 9.17) is 11.6 Å². The number of rotatable bonds is 5. The average Bonchev–Trinajstić information content (AvgIpc) is 2.60. The number of carbonyl (C=O) groups excluding carboxylic acids is 2. The fourth-order valence-corrected chi connectivity index (χ4v) is 2.39. The zero-order chi connectivity index (χ0) is 20.9. The Kier molecular flexibility index (Phi) is 6.63. The predicted octanol–water partition coefficient (Wildman–Crippen LogP) is 4.20. The Morgan fingerprint density at radius 2 is 1.86 bits per heavy atom. The molecule has 28 heavy (non-hydrogen) atoms. The van der Waals surface area contributed by atoms with Gasteiger partial charge in [-0.3, -0.25) is 9.59 Å². The normalized spacial score (nSPS) is 11.8. The van der Waals surface area contributed by atoms with Gasteiger partial charge in [-0.15, -0.1) is 0 Å². The topological polar surface area (TPSA) is 90.8 Å². The highest BCUT2D eigenvalue weighted by Crippen LogP contribution is 2.36. The van der Waals surface area contributed by atoms with Gasteiger partial charge >= 0.3 is 6.18 Å². The molecular weight excluding hydrogens is 399 g/mol. The highest BCUT2D eigenvalue weighted by molar-refractivity contribution is 6.31. The highest BCUT2D eigenvalue weighted by atomic mass is 35.5. The van der Waals surface area contributed by atoms with E-state index in [1.807, 2.05) is 0 Å². The molecule has 0 heterocycles. The molecule has 0 saturated carbocycles. The van der Waals surface area contributed by atoms with E-state index in [9.17, 15) is 27.9 Å². The SMILES string of the molecule is CC(CC(=O)Nc1ccc(Cl)c(C(F)(F)F)c1)=NNC(=O)c1ccccc1O. The fraction of sp³-hybridized carbons (Fsp3) is 0.167. The van der Waals surface area contributed by atoms with Crippen LogP contribution in [0.2, 0.25) is 5.02 Å². The van der Waals surface area contributed by atoms with Crippen LogP contribution >= 0.6 is 11.6 Å². The van der Waals surface area contributed by atoms with Crippen molar-refractivity contribution in [2.75, 3.05) is 5.32 Å². The van der Waals surface area contributed by atoms with Crippen LogP contribution in [0.4, 0.5) is 18.9 Å². The summed E-state index contributed by atoms with van der Waals surface area (Å²) in [5, 5.41) is 15.2. The van der Waals surface area contributed by atoms with Crippen LogP contribution in [0.15, 0.2) is 47.6 Å². The summed E-state index contributed by atoms with van der Waals surface area (Å²) >= 11 is 5.52. The van der Waals surface area contributed by atoms with Gasteiger partial charge in [-0.1, -0.05) is 23.7 Å². The average molecular weight is 414 g/mol. The number of phenolic OH excluding ortho intramolecular Hbond substituents is 1. The van der Waals surface area contributed by atoms with Crippen molar-refractivity contribution < 1.29 is 27.9 Å². The maximum Gasteiger partial charge on any atom is 0.417 e. The van der Waals surface area contributed by atoms with Crippen LogP contribution in [0, 0.1) is 0 Å². The molecule has 0 saturated heterocycles. The van der Waals surface area contributed by atoms with Crippen LogP contribution in [0.3, 0.4) is 0 Å². The number of benzene rings is 2. The summed E-state index contributed by atoms with van der Waals surface area (Å²) in [4.78, 5) is 23.9. The van der Waals surface area contributed by atoms with Crippen LogP contribution in [0.1, 0.15) is 29.3 Å². The Labute approximate surface area is 163 Å². The molecule has 3 N–H and O–H groups in total. The number of para-hydroxylation sites is 1. The van der Waals surface area contributed by atoms with Crippen molar-refractivity contribution in [3.8, 4) is 5.75 Å². The van der Waals surface area contributed by atoms with E-state index in [2.05, 4.69) is 15.8 Å². The molecule has 0 fully saturated rings. The fourth-order valence-electron chi connectivity index (χ4n) is 2.17. The number of carbonyl (C=O) groups is 2. The second-order valence-electron chi connectivity index (χ2n) is 5.72. The zero-order valence-electron chi connectivity index (χ0n) is 14.5. The Balaban J connectivity index is 1.98. The maximum absolute atomic E-state index is 12.8. The van der Waals surface area contributed by atoms with Crippen molar-refractivity contribution in [2.24, 2.45) is 5.10 Å². The minimum atomic E-state index is -4.65. The summed E-state index contributed by atoms with van der Waals surface area (Å²) in [6.45, 7) is 1.45. The van der Waals surface area contributed by atoms with E-state index in [1.54, 1.807) is 12.1 Å². The predicted molar refractivity (Wildman–Crippen MR) is 98.4 cm³/mol. The highest BCUT2D eigenvalue weighted by Gasteiger charge is 2.33. The maximum atomic E-state index is 12.8. The molecule has 0 aliphatic heterocycles. The number of phenols is 1. The number of hydrogen-bond donors (Lipinski definition) is 3. The number of hydrogen-bond acceptors (Lipinski definition) is 4. The molecule has 0 unspecified atom stereocenters. The van der Waals surface area contributed by atoms with Crippen molar-refractivity contribution in [3.05, 3.63) is 58.6 Å². The lowest BCUT2D eigenvalue weighted by Crippen LogP contribution is -2.21. The molecule has 6 nitrogen and oxygen atoms in total. The molecule has 0 aliphatic carbocycles. The third kappa shape index (κ3) is 5.71. The van der Waals surface area contributed by atoms with Gasteiger partial charge in [0, 0.05) is 11.4 Å². The first-order valence-electron chi connectivity index (χ1n) is 7.86. The van der Waals surface area contributed by atoms with Crippen molar-refractivity contribution in [1.82, 2.24) is 5.43 Å². The summed E-state index contributed by atoms with van der Waals surface area (Å²) < 4.78 is 38.5. The summed E-state index contributed by atoms with van der Waals surface area (Å²) in [5.41, 5.74) is 1.25. The van der Waals surface area contributed by atoms with Gasteiger partial charge in [0.1, 0.15) is 5.75 Å². The minimum absolute atomic E-state index is 0.00402. The molecule has 148 valence electrons. The smallest absolute Gasteiger partial charge is 0.417 e. The second kappa shape index (κ2) is 8.75. The molecule has 0 spiro atoms. The number of hydrazone groups is 1. The first kappa shape index (κ1) is 21.2. The Hall–Kier alpha value is -3.07. The standard InChI is InChI=1S/C18H15ClF3N3O3/c1-10(24-25-17(28)12-4-2-3-5-15(12)26)8-16(27)23-11-6-7-14(19)13(9-11)18(20,21)22/h2-7,9,26H,8H2,1H3,(H,23,27)(H,25,28). The summed E-state index contributed by atoms with van der Waals surface area (Å²) in [6, 6.07) is 8.83. The second-order valence-corrected chi connectivity index (χ2v) is 6.13. The molecule has 2 amide bonds. The van der Waals surface area contributed by atoms with Gasteiger partial charge in [0.15, 0.2) is 0 Å². The zero-order valence-corrected chi connectivity index (χ0v) is 15.2. The molecule has 0 aliphatic rings. The molecule has 2 rings (SSSR count). The van der Waals surface area contributed by atoms with E-state index in [-0.39, 0.29) is 29.1 Å². The molecule has 0 atom stereocenters.